The molecule has 0 aliphatic rings. The van der Waals surface area contributed by atoms with Crippen LogP contribution in [0.3, 0.4) is 0 Å². The molecule has 0 radical (unpaired) electrons. The predicted molar refractivity (Wildman–Crippen MR) is 151 cm³/mol. The van der Waals surface area contributed by atoms with Gasteiger partial charge < -0.3 is 10.2 Å². The third-order valence-electron chi connectivity index (χ3n) is 6.05. The summed E-state index contributed by atoms with van der Waals surface area (Å²) in [5.41, 5.74) is 2.12. The van der Waals surface area contributed by atoms with Crippen molar-refractivity contribution in [1.29, 1.82) is 0 Å². The molecule has 0 unspecified atom stereocenters. The minimum Gasteiger partial charge on any atom is -0.352 e. The molecule has 0 spiro atoms. The average molecular weight is 562 g/mol. The number of amides is 2. The molecule has 37 heavy (non-hydrogen) atoms. The molecule has 0 aromatic heterocycles. The highest BCUT2D eigenvalue weighted by molar-refractivity contribution is 7.99. The molecule has 0 saturated carbocycles. The van der Waals surface area contributed by atoms with E-state index in [-0.39, 0.29) is 35.9 Å². The lowest BCUT2D eigenvalue weighted by Gasteiger charge is -2.32. The Morgan fingerprint density at radius 1 is 1.00 bits per heavy atom. The Balaban J connectivity index is 1.88. The van der Waals surface area contributed by atoms with Gasteiger partial charge in [0.1, 0.15) is 11.9 Å². The Kier molecular flexibility index (Phi) is 11.3. The van der Waals surface area contributed by atoms with Crippen LogP contribution in [0.25, 0.3) is 0 Å². The normalized spacial score (nSPS) is 12.6. The molecule has 0 aliphatic heterocycles. The van der Waals surface area contributed by atoms with Gasteiger partial charge in [0.2, 0.25) is 11.8 Å². The molecule has 3 aromatic rings. The van der Waals surface area contributed by atoms with Gasteiger partial charge in [-0.25, -0.2) is 4.39 Å². The molecule has 3 rings (SSSR count). The minimum absolute atomic E-state index is 0.0357. The first-order valence-corrected chi connectivity index (χ1v) is 14.1. The van der Waals surface area contributed by atoms with Gasteiger partial charge in [0, 0.05) is 40.4 Å². The highest BCUT2D eigenvalue weighted by Gasteiger charge is 2.31. The summed E-state index contributed by atoms with van der Waals surface area (Å²) >= 11 is 13.6. The quantitative estimate of drug-likeness (QED) is 0.261. The van der Waals surface area contributed by atoms with Gasteiger partial charge in [-0.2, -0.15) is 0 Å². The summed E-state index contributed by atoms with van der Waals surface area (Å²) < 4.78 is 14.2. The maximum atomic E-state index is 14.2. The summed E-state index contributed by atoms with van der Waals surface area (Å²) in [6.45, 7) is 4.15. The standard InChI is InChI=1S/C29H31Cl2FN2O2S/c1-3-20(2)33-29(36)27(16-21-9-5-4-6-10-21)34(17-22-11-7-12-23(30)15-22)28(35)19-37-18-24-25(31)13-8-14-26(24)32/h4-15,20,27H,3,16-19H2,1-2H3,(H,33,36)/t20-,27+/m1/s1. The van der Waals surface area contributed by atoms with E-state index in [1.807, 2.05) is 56.3 Å². The fourth-order valence-electron chi connectivity index (χ4n) is 3.82. The van der Waals surface area contributed by atoms with E-state index in [0.717, 1.165) is 17.5 Å². The SMILES string of the molecule is CC[C@@H](C)NC(=O)[C@H](Cc1ccccc1)N(Cc1cccc(Cl)c1)C(=O)CSCc1c(F)cccc1Cl. The monoisotopic (exact) mass is 560 g/mol. The van der Waals surface area contributed by atoms with Crippen molar-refractivity contribution in [3.63, 3.8) is 0 Å². The van der Waals surface area contributed by atoms with Gasteiger partial charge in [-0.1, -0.05) is 78.7 Å². The molecule has 196 valence electrons. The smallest absolute Gasteiger partial charge is 0.243 e. The second kappa shape index (κ2) is 14.4. The Morgan fingerprint density at radius 3 is 2.38 bits per heavy atom. The summed E-state index contributed by atoms with van der Waals surface area (Å²) in [5.74, 6) is -0.538. The first kappa shape index (κ1) is 29.0. The van der Waals surface area contributed by atoms with Crippen molar-refractivity contribution in [2.24, 2.45) is 0 Å². The minimum atomic E-state index is -0.736. The number of hydrogen-bond donors (Lipinski definition) is 1. The van der Waals surface area contributed by atoms with Crippen molar-refractivity contribution >= 4 is 46.8 Å². The second-order valence-corrected chi connectivity index (χ2v) is 10.7. The molecule has 2 amide bonds. The van der Waals surface area contributed by atoms with E-state index >= 15 is 0 Å². The van der Waals surface area contributed by atoms with E-state index in [1.54, 1.807) is 29.2 Å². The Labute approximate surface area is 232 Å². The number of rotatable bonds is 12. The molecule has 0 bridgehead atoms. The van der Waals surface area contributed by atoms with Crippen molar-refractivity contribution in [1.82, 2.24) is 10.2 Å². The maximum absolute atomic E-state index is 14.2. The zero-order valence-corrected chi connectivity index (χ0v) is 23.3. The van der Waals surface area contributed by atoms with Crippen LogP contribution in [0.1, 0.15) is 37.0 Å². The fraction of sp³-hybridized carbons (Fsp3) is 0.310. The van der Waals surface area contributed by atoms with Crippen LogP contribution in [0, 0.1) is 5.82 Å². The topological polar surface area (TPSA) is 49.4 Å². The predicted octanol–water partition coefficient (Wildman–Crippen LogP) is 6.92. The number of benzene rings is 3. The summed E-state index contributed by atoms with van der Waals surface area (Å²) in [7, 11) is 0. The number of halogens is 3. The van der Waals surface area contributed by atoms with Crippen LogP contribution in [0.15, 0.2) is 72.8 Å². The van der Waals surface area contributed by atoms with Crippen molar-refractivity contribution in [3.05, 3.63) is 105 Å². The lowest BCUT2D eigenvalue weighted by molar-refractivity contribution is -0.139. The molecule has 8 heteroatoms. The number of thioether (sulfide) groups is 1. The van der Waals surface area contributed by atoms with Crippen LogP contribution in [0.2, 0.25) is 10.0 Å². The van der Waals surface area contributed by atoms with Crippen molar-refractivity contribution in [2.75, 3.05) is 5.75 Å². The maximum Gasteiger partial charge on any atom is 0.243 e. The molecule has 4 nitrogen and oxygen atoms in total. The molecule has 0 heterocycles. The van der Waals surface area contributed by atoms with Crippen LogP contribution < -0.4 is 5.32 Å². The number of nitrogens with zero attached hydrogens (tertiary/aromatic N) is 1. The van der Waals surface area contributed by atoms with E-state index in [4.69, 9.17) is 23.2 Å². The fourth-order valence-corrected chi connectivity index (χ4v) is 5.28. The molecular weight excluding hydrogens is 530 g/mol. The van der Waals surface area contributed by atoms with Crippen LogP contribution in [-0.4, -0.2) is 34.6 Å². The Morgan fingerprint density at radius 2 is 1.70 bits per heavy atom. The van der Waals surface area contributed by atoms with E-state index in [1.165, 1.54) is 17.8 Å². The third-order valence-corrected chi connectivity index (χ3v) is 7.58. The Bertz CT molecular complexity index is 1180. The summed E-state index contributed by atoms with van der Waals surface area (Å²) in [4.78, 5) is 28.8. The van der Waals surface area contributed by atoms with Gasteiger partial charge >= 0.3 is 0 Å². The van der Waals surface area contributed by atoms with Gasteiger partial charge in [0.05, 0.1) is 5.75 Å². The van der Waals surface area contributed by atoms with Crippen LogP contribution in [0.4, 0.5) is 4.39 Å². The zero-order chi connectivity index (χ0) is 26.8. The van der Waals surface area contributed by atoms with Crippen molar-refractivity contribution in [2.45, 2.75) is 51.1 Å². The number of hydrogen-bond acceptors (Lipinski definition) is 3. The van der Waals surface area contributed by atoms with E-state index in [0.29, 0.717) is 22.0 Å². The van der Waals surface area contributed by atoms with Crippen molar-refractivity contribution in [3.8, 4) is 0 Å². The molecule has 0 fully saturated rings. The van der Waals surface area contributed by atoms with Crippen molar-refractivity contribution < 1.29 is 14.0 Å². The summed E-state index contributed by atoms with van der Waals surface area (Å²) in [6.07, 6.45) is 1.13. The van der Waals surface area contributed by atoms with E-state index in [2.05, 4.69) is 5.32 Å². The molecular formula is C29H31Cl2FN2O2S. The first-order valence-electron chi connectivity index (χ1n) is 12.2. The van der Waals surface area contributed by atoms with Gasteiger partial charge in [0.25, 0.3) is 0 Å². The van der Waals surface area contributed by atoms with Gasteiger partial charge in [0.15, 0.2) is 0 Å². The van der Waals surface area contributed by atoms with E-state index in [9.17, 15) is 14.0 Å². The average Bonchev–Trinajstić information content (AvgIpc) is 2.88. The lowest BCUT2D eigenvalue weighted by atomic mass is 10.0. The third kappa shape index (κ3) is 8.77. The molecule has 0 saturated heterocycles. The number of nitrogens with one attached hydrogen (secondary N) is 1. The lowest BCUT2D eigenvalue weighted by Crippen LogP contribution is -2.52. The van der Waals surface area contributed by atoms with Crippen LogP contribution in [0.5, 0.6) is 0 Å². The van der Waals surface area contributed by atoms with Gasteiger partial charge in [-0.05, 0) is 48.7 Å². The molecule has 0 aliphatic carbocycles. The van der Waals surface area contributed by atoms with Crippen LogP contribution in [-0.2, 0) is 28.3 Å². The Hall–Kier alpha value is -2.54. The highest BCUT2D eigenvalue weighted by atomic mass is 35.5. The second-order valence-electron chi connectivity index (χ2n) is 8.87. The zero-order valence-electron chi connectivity index (χ0n) is 20.9. The first-order chi connectivity index (χ1) is 17.8. The number of carbonyl (C=O) groups is 2. The molecule has 2 atom stereocenters. The van der Waals surface area contributed by atoms with Crippen LogP contribution >= 0.6 is 35.0 Å². The summed E-state index contributed by atoms with van der Waals surface area (Å²) in [5, 5.41) is 3.92. The van der Waals surface area contributed by atoms with Gasteiger partial charge in [-0.15, -0.1) is 11.8 Å². The highest BCUT2D eigenvalue weighted by Crippen LogP contribution is 2.25. The van der Waals surface area contributed by atoms with E-state index < -0.39 is 11.9 Å². The number of carbonyl (C=O) groups excluding carboxylic acids is 2. The molecule has 1 N–H and O–H groups in total. The summed E-state index contributed by atoms with van der Waals surface area (Å²) in [6, 6.07) is 20.6. The molecule has 3 aromatic carbocycles. The van der Waals surface area contributed by atoms with Gasteiger partial charge in [-0.3, -0.25) is 9.59 Å². The largest absolute Gasteiger partial charge is 0.352 e.